The number of nitrogens with one attached hydrogen (secondary N) is 1. The Hall–Kier alpha value is -3.47. The van der Waals surface area contributed by atoms with E-state index < -0.39 is 41.7 Å². The second kappa shape index (κ2) is 11.6. The lowest BCUT2D eigenvalue weighted by Crippen LogP contribution is -2.55. The van der Waals surface area contributed by atoms with E-state index in [2.05, 4.69) is 5.32 Å². The fourth-order valence-corrected chi connectivity index (χ4v) is 6.01. The SMILES string of the molecule is CCOC(=O)[C@@]12C[C@H]1/C=C\CCCCC[C@H](N)C(=O)N1C[C@H](OC(=O)N3Cc4cccc(F)c4C3)C[C@H]1C(=O)N2. The summed E-state index contributed by atoms with van der Waals surface area (Å²) in [6.07, 6.45) is 6.97. The minimum atomic E-state index is -1.18. The fraction of sp³-hybridized carbons (Fsp3) is 0.586. The van der Waals surface area contributed by atoms with Gasteiger partial charge in [0, 0.05) is 24.4 Å². The van der Waals surface area contributed by atoms with Crippen molar-refractivity contribution in [2.45, 2.75) is 88.7 Å². The summed E-state index contributed by atoms with van der Waals surface area (Å²) in [7, 11) is 0. The molecule has 0 radical (unpaired) electrons. The lowest BCUT2D eigenvalue weighted by Gasteiger charge is -2.28. The Morgan fingerprint density at radius 1 is 1.20 bits per heavy atom. The van der Waals surface area contributed by atoms with Crippen LogP contribution >= 0.6 is 0 Å². The second-order valence-corrected chi connectivity index (χ2v) is 11.1. The van der Waals surface area contributed by atoms with E-state index in [9.17, 15) is 23.6 Å². The highest BCUT2D eigenvalue weighted by Crippen LogP contribution is 2.46. The standard InChI is InChI=1S/C29H37FN4O6/c1-2-39-27(37)29-14-19(29)10-6-4-3-5-7-12-23(31)26(36)34-16-20(13-24(34)25(35)32-29)40-28(38)33-15-18-9-8-11-22(30)21(18)17-33/h6,8-11,19-20,23-24H,2-5,7,12-17,31H2,1H3,(H,32,35)/b10-6-/t19-,20-,23+,24+,29-/m1/s1. The largest absolute Gasteiger partial charge is 0.464 e. The quantitative estimate of drug-likeness (QED) is 0.432. The van der Waals surface area contributed by atoms with Gasteiger partial charge in [-0.25, -0.2) is 14.0 Å². The highest BCUT2D eigenvalue weighted by molar-refractivity contribution is 5.96. The van der Waals surface area contributed by atoms with Gasteiger partial charge in [0.1, 0.15) is 23.5 Å². The molecule has 1 saturated carbocycles. The number of hydrogen-bond donors (Lipinski definition) is 2. The second-order valence-electron chi connectivity index (χ2n) is 11.1. The molecule has 1 aromatic carbocycles. The molecule has 40 heavy (non-hydrogen) atoms. The highest BCUT2D eigenvalue weighted by Gasteiger charge is 2.62. The van der Waals surface area contributed by atoms with Crippen molar-refractivity contribution in [2.24, 2.45) is 11.7 Å². The van der Waals surface area contributed by atoms with Crippen LogP contribution in [0.2, 0.25) is 0 Å². The molecule has 3 aliphatic heterocycles. The van der Waals surface area contributed by atoms with Gasteiger partial charge in [0.05, 0.1) is 25.7 Å². The maximum Gasteiger partial charge on any atom is 0.410 e. The molecule has 1 aliphatic carbocycles. The molecule has 3 heterocycles. The number of halogens is 1. The first-order chi connectivity index (χ1) is 19.2. The van der Waals surface area contributed by atoms with Crippen LogP contribution in [0.15, 0.2) is 30.4 Å². The maximum atomic E-state index is 14.2. The Labute approximate surface area is 233 Å². The van der Waals surface area contributed by atoms with Gasteiger partial charge >= 0.3 is 12.1 Å². The van der Waals surface area contributed by atoms with Crippen molar-refractivity contribution in [1.82, 2.24) is 15.1 Å². The molecule has 11 heteroatoms. The van der Waals surface area contributed by atoms with Gasteiger partial charge in [-0.3, -0.25) is 14.5 Å². The molecule has 2 fully saturated rings. The summed E-state index contributed by atoms with van der Waals surface area (Å²) in [6, 6.07) is 2.96. The van der Waals surface area contributed by atoms with Crippen LogP contribution in [0, 0.1) is 11.7 Å². The minimum Gasteiger partial charge on any atom is -0.464 e. The Kier molecular flexibility index (Phi) is 8.11. The van der Waals surface area contributed by atoms with Crippen LogP contribution in [0.4, 0.5) is 9.18 Å². The van der Waals surface area contributed by atoms with E-state index in [1.807, 2.05) is 12.2 Å². The molecule has 1 saturated heterocycles. The van der Waals surface area contributed by atoms with Gasteiger partial charge in [0.25, 0.3) is 0 Å². The number of carbonyl (C=O) groups is 4. The van der Waals surface area contributed by atoms with Crippen LogP contribution in [-0.4, -0.2) is 70.6 Å². The van der Waals surface area contributed by atoms with E-state index in [1.165, 1.54) is 15.9 Å². The molecular formula is C29H37FN4O6. The number of benzene rings is 1. The molecule has 0 aromatic heterocycles. The molecule has 0 spiro atoms. The average molecular weight is 557 g/mol. The number of carbonyl (C=O) groups excluding carboxylic acids is 4. The summed E-state index contributed by atoms with van der Waals surface area (Å²) in [6.45, 7) is 2.19. The third-order valence-electron chi connectivity index (χ3n) is 8.37. The Balaban J connectivity index is 1.33. The first-order valence-corrected chi connectivity index (χ1v) is 14.2. The van der Waals surface area contributed by atoms with Gasteiger partial charge in [0.2, 0.25) is 11.8 Å². The Morgan fingerprint density at radius 2 is 2.02 bits per heavy atom. The molecule has 0 unspecified atom stereocenters. The van der Waals surface area contributed by atoms with E-state index in [-0.39, 0.29) is 50.3 Å². The number of amides is 3. The van der Waals surface area contributed by atoms with Crippen LogP contribution in [0.5, 0.6) is 0 Å². The number of hydrogen-bond acceptors (Lipinski definition) is 7. The molecule has 10 nitrogen and oxygen atoms in total. The highest BCUT2D eigenvalue weighted by atomic mass is 19.1. The Bertz CT molecular complexity index is 1210. The molecule has 3 amide bonds. The first kappa shape index (κ1) is 28.1. The average Bonchev–Trinajstić information content (AvgIpc) is 3.24. The molecule has 0 bridgehead atoms. The summed E-state index contributed by atoms with van der Waals surface area (Å²) < 4.78 is 25.2. The fourth-order valence-electron chi connectivity index (χ4n) is 6.01. The first-order valence-electron chi connectivity index (χ1n) is 14.2. The van der Waals surface area contributed by atoms with Crippen LogP contribution in [-0.2, 0) is 36.9 Å². The van der Waals surface area contributed by atoms with E-state index in [0.717, 1.165) is 25.7 Å². The van der Waals surface area contributed by atoms with E-state index in [4.69, 9.17) is 15.2 Å². The van der Waals surface area contributed by atoms with Crippen molar-refractivity contribution < 1.29 is 33.0 Å². The predicted molar refractivity (Wildman–Crippen MR) is 142 cm³/mol. The molecule has 216 valence electrons. The van der Waals surface area contributed by atoms with Crippen molar-refractivity contribution in [3.8, 4) is 0 Å². The van der Waals surface area contributed by atoms with Crippen molar-refractivity contribution in [1.29, 1.82) is 0 Å². The smallest absolute Gasteiger partial charge is 0.410 e. The van der Waals surface area contributed by atoms with E-state index >= 15 is 0 Å². The summed E-state index contributed by atoms with van der Waals surface area (Å²) in [4.78, 5) is 55.8. The Morgan fingerprint density at radius 3 is 2.80 bits per heavy atom. The topological polar surface area (TPSA) is 131 Å². The number of nitrogens with two attached hydrogens (primary N) is 1. The lowest BCUT2D eigenvalue weighted by molar-refractivity contribution is -0.150. The van der Waals surface area contributed by atoms with Crippen molar-refractivity contribution in [3.63, 3.8) is 0 Å². The number of ether oxygens (including phenoxy) is 2. The van der Waals surface area contributed by atoms with Gasteiger partial charge in [0.15, 0.2) is 0 Å². The van der Waals surface area contributed by atoms with Crippen LogP contribution < -0.4 is 11.1 Å². The van der Waals surface area contributed by atoms with Gasteiger partial charge in [-0.05, 0) is 44.2 Å². The summed E-state index contributed by atoms with van der Waals surface area (Å²) in [5.74, 6) is -1.97. The maximum absolute atomic E-state index is 14.2. The molecule has 4 aliphatic rings. The zero-order valence-corrected chi connectivity index (χ0v) is 22.8. The van der Waals surface area contributed by atoms with Crippen molar-refractivity contribution in [3.05, 3.63) is 47.3 Å². The summed E-state index contributed by atoms with van der Waals surface area (Å²) in [5, 5.41) is 2.88. The molecule has 1 aromatic rings. The number of nitrogens with zero attached hydrogens (tertiary/aromatic N) is 2. The summed E-state index contributed by atoms with van der Waals surface area (Å²) in [5.41, 5.74) is 6.25. The number of rotatable bonds is 3. The van der Waals surface area contributed by atoms with Crippen LogP contribution in [0.25, 0.3) is 0 Å². The van der Waals surface area contributed by atoms with Crippen LogP contribution in [0.3, 0.4) is 0 Å². The van der Waals surface area contributed by atoms with Gasteiger partial charge in [-0.15, -0.1) is 0 Å². The number of esters is 1. The normalized spacial score (nSPS) is 31.2. The monoisotopic (exact) mass is 556 g/mol. The molecule has 5 rings (SSSR count). The van der Waals surface area contributed by atoms with Crippen molar-refractivity contribution in [2.75, 3.05) is 13.2 Å². The van der Waals surface area contributed by atoms with Crippen LogP contribution in [0.1, 0.15) is 63.0 Å². The van der Waals surface area contributed by atoms with E-state index in [0.29, 0.717) is 24.0 Å². The third-order valence-corrected chi connectivity index (χ3v) is 8.37. The van der Waals surface area contributed by atoms with Gasteiger partial charge in [-0.2, -0.15) is 0 Å². The van der Waals surface area contributed by atoms with Crippen molar-refractivity contribution >= 4 is 23.9 Å². The molecule has 5 atom stereocenters. The number of allylic oxidation sites excluding steroid dienone is 1. The molecule has 3 N–H and O–H groups in total. The number of fused-ring (bicyclic) bond motifs is 3. The zero-order valence-electron chi connectivity index (χ0n) is 22.8. The van der Waals surface area contributed by atoms with E-state index in [1.54, 1.807) is 19.1 Å². The summed E-state index contributed by atoms with van der Waals surface area (Å²) >= 11 is 0. The third kappa shape index (κ3) is 5.56. The minimum absolute atomic E-state index is 0.00124. The predicted octanol–water partition coefficient (Wildman–Crippen LogP) is 2.53. The van der Waals surface area contributed by atoms with Gasteiger partial charge < -0.3 is 25.4 Å². The lowest BCUT2D eigenvalue weighted by atomic mass is 10.1. The van der Waals surface area contributed by atoms with Gasteiger partial charge in [-0.1, -0.05) is 37.1 Å². The zero-order chi connectivity index (χ0) is 28.4. The molecular weight excluding hydrogens is 519 g/mol.